The van der Waals surface area contributed by atoms with E-state index in [1.54, 1.807) is 0 Å². The van der Waals surface area contributed by atoms with Crippen LogP contribution in [0, 0.1) is 0 Å². The van der Waals surface area contributed by atoms with E-state index in [0.717, 1.165) is 37.9 Å². The molecule has 0 N–H and O–H groups in total. The van der Waals surface area contributed by atoms with Gasteiger partial charge in [0.15, 0.2) is 0 Å². The van der Waals surface area contributed by atoms with Crippen molar-refractivity contribution >= 4 is 5.91 Å². The molecule has 1 heterocycles. The van der Waals surface area contributed by atoms with Crippen LogP contribution in [0.15, 0.2) is 24.3 Å². The summed E-state index contributed by atoms with van der Waals surface area (Å²) in [5.41, 5.74) is -0.0548. The number of rotatable bonds is 2. The Morgan fingerprint density at radius 2 is 1.90 bits per heavy atom. The first-order valence-corrected chi connectivity index (χ1v) is 6.83. The second-order valence-electron chi connectivity index (χ2n) is 5.30. The fraction of sp³-hybridized carbons (Fsp3) is 0.533. The Morgan fingerprint density at radius 3 is 2.45 bits per heavy atom. The first kappa shape index (κ1) is 14.9. The van der Waals surface area contributed by atoms with Crippen LogP contribution in [0.25, 0.3) is 0 Å². The minimum absolute atomic E-state index is 0.00282. The van der Waals surface area contributed by atoms with Gasteiger partial charge in [-0.1, -0.05) is 12.1 Å². The number of carbonyl (C=O) groups excluding carboxylic acids is 1. The molecule has 1 aliphatic heterocycles. The van der Waals surface area contributed by atoms with E-state index in [1.165, 1.54) is 12.1 Å². The highest BCUT2D eigenvalue weighted by Gasteiger charge is 2.30. The maximum atomic E-state index is 12.4. The molecule has 0 bridgehead atoms. The van der Waals surface area contributed by atoms with Gasteiger partial charge in [-0.25, -0.2) is 0 Å². The molecule has 1 fully saturated rings. The van der Waals surface area contributed by atoms with Crippen molar-refractivity contribution in [1.82, 2.24) is 4.90 Å². The molecule has 0 spiro atoms. The predicted molar refractivity (Wildman–Crippen MR) is 70.2 cm³/mol. The average Bonchev–Trinajstić information content (AvgIpc) is 2.38. The number of likely N-dealkylation sites (tertiary alicyclic amines) is 1. The first-order valence-electron chi connectivity index (χ1n) is 6.83. The quantitative estimate of drug-likeness (QED) is 0.812. The molecule has 0 saturated carbocycles. The monoisotopic (exact) mass is 285 g/mol. The van der Waals surface area contributed by atoms with Gasteiger partial charge in [-0.05, 0) is 43.9 Å². The first-order chi connectivity index (χ1) is 9.38. The lowest BCUT2D eigenvalue weighted by Gasteiger charge is -2.33. The zero-order valence-electron chi connectivity index (χ0n) is 11.4. The number of halogens is 3. The molecule has 1 atom stereocenters. The molecule has 1 aliphatic rings. The zero-order valence-corrected chi connectivity index (χ0v) is 11.4. The van der Waals surface area contributed by atoms with Crippen LogP contribution in [0.5, 0.6) is 0 Å². The number of carbonyl (C=O) groups is 1. The van der Waals surface area contributed by atoms with Crippen LogP contribution >= 0.6 is 0 Å². The van der Waals surface area contributed by atoms with Gasteiger partial charge in [0, 0.05) is 12.6 Å². The summed E-state index contributed by atoms with van der Waals surface area (Å²) in [5.74, 6) is -0.00282. The van der Waals surface area contributed by atoms with Crippen molar-refractivity contribution in [3.8, 4) is 0 Å². The molecule has 20 heavy (non-hydrogen) atoms. The largest absolute Gasteiger partial charge is 0.416 e. The molecule has 110 valence electrons. The summed E-state index contributed by atoms with van der Waals surface area (Å²) in [5, 5.41) is 0. The van der Waals surface area contributed by atoms with Crippen molar-refractivity contribution in [1.29, 1.82) is 0 Å². The van der Waals surface area contributed by atoms with Gasteiger partial charge in [0.1, 0.15) is 0 Å². The van der Waals surface area contributed by atoms with E-state index >= 15 is 0 Å². The van der Waals surface area contributed by atoms with E-state index in [-0.39, 0.29) is 18.4 Å². The Morgan fingerprint density at radius 1 is 1.25 bits per heavy atom. The topological polar surface area (TPSA) is 20.3 Å². The van der Waals surface area contributed by atoms with Crippen molar-refractivity contribution in [3.05, 3.63) is 35.4 Å². The molecule has 2 nitrogen and oxygen atoms in total. The standard InChI is InChI=1S/C15H18F3NO/c1-11-4-2-3-9-19(11)14(20)10-12-5-7-13(8-6-12)15(16,17)18/h5-8,11H,2-4,9-10H2,1H3. The fourth-order valence-corrected chi connectivity index (χ4v) is 2.56. The number of hydrogen-bond acceptors (Lipinski definition) is 1. The Kier molecular flexibility index (Phi) is 4.35. The summed E-state index contributed by atoms with van der Waals surface area (Å²) >= 11 is 0. The number of piperidine rings is 1. The lowest BCUT2D eigenvalue weighted by molar-refractivity contribution is -0.137. The van der Waals surface area contributed by atoms with Crippen molar-refractivity contribution in [2.45, 2.75) is 44.8 Å². The van der Waals surface area contributed by atoms with Crippen molar-refractivity contribution in [3.63, 3.8) is 0 Å². The zero-order chi connectivity index (χ0) is 14.8. The number of amides is 1. The van der Waals surface area contributed by atoms with Gasteiger partial charge in [0.05, 0.1) is 12.0 Å². The van der Waals surface area contributed by atoms with Gasteiger partial charge in [0.2, 0.25) is 5.91 Å². The molecule has 1 amide bonds. The highest BCUT2D eigenvalue weighted by Crippen LogP contribution is 2.29. The lowest BCUT2D eigenvalue weighted by atomic mass is 10.0. The van der Waals surface area contributed by atoms with Gasteiger partial charge in [-0.3, -0.25) is 4.79 Å². The molecule has 1 unspecified atom stereocenters. The second kappa shape index (κ2) is 5.85. The number of alkyl halides is 3. The van der Waals surface area contributed by atoms with Gasteiger partial charge in [0.25, 0.3) is 0 Å². The predicted octanol–water partition coefficient (Wildman–Crippen LogP) is 3.65. The Hall–Kier alpha value is -1.52. The van der Waals surface area contributed by atoms with Crippen molar-refractivity contribution in [2.75, 3.05) is 6.54 Å². The summed E-state index contributed by atoms with van der Waals surface area (Å²) in [7, 11) is 0. The Bertz CT molecular complexity index is 467. The molecule has 0 aliphatic carbocycles. The minimum Gasteiger partial charge on any atom is -0.340 e. The van der Waals surface area contributed by atoms with Gasteiger partial charge < -0.3 is 4.90 Å². The van der Waals surface area contributed by atoms with Crippen LogP contribution in [0.2, 0.25) is 0 Å². The fourth-order valence-electron chi connectivity index (χ4n) is 2.56. The lowest BCUT2D eigenvalue weighted by Crippen LogP contribution is -2.42. The maximum Gasteiger partial charge on any atom is 0.416 e. The average molecular weight is 285 g/mol. The molecule has 5 heteroatoms. The maximum absolute atomic E-state index is 12.4. The molecule has 1 aromatic carbocycles. The summed E-state index contributed by atoms with van der Waals surface area (Å²) in [6.07, 6.45) is -1.03. The van der Waals surface area contributed by atoms with Gasteiger partial charge >= 0.3 is 6.18 Å². The van der Waals surface area contributed by atoms with Crippen molar-refractivity contribution < 1.29 is 18.0 Å². The Balaban J connectivity index is 2.01. The van der Waals surface area contributed by atoms with Crippen LogP contribution in [-0.2, 0) is 17.4 Å². The summed E-state index contributed by atoms with van der Waals surface area (Å²) in [4.78, 5) is 14.0. The SMILES string of the molecule is CC1CCCCN1C(=O)Cc1ccc(C(F)(F)F)cc1. The molecular weight excluding hydrogens is 267 g/mol. The van der Waals surface area contributed by atoms with E-state index in [9.17, 15) is 18.0 Å². The molecule has 2 rings (SSSR count). The van der Waals surface area contributed by atoms with Gasteiger partial charge in [-0.15, -0.1) is 0 Å². The third kappa shape index (κ3) is 3.52. The van der Waals surface area contributed by atoms with Crippen LogP contribution < -0.4 is 0 Å². The molecular formula is C15H18F3NO. The smallest absolute Gasteiger partial charge is 0.340 e. The summed E-state index contributed by atoms with van der Waals surface area (Å²) in [6.45, 7) is 2.77. The highest BCUT2D eigenvalue weighted by molar-refractivity contribution is 5.79. The second-order valence-corrected chi connectivity index (χ2v) is 5.30. The van der Waals surface area contributed by atoms with E-state index in [1.807, 2.05) is 11.8 Å². The molecule has 1 saturated heterocycles. The number of nitrogens with zero attached hydrogens (tertiary/aromatic N) is 1. The van der Waals surface area contributed by atoms with Crippen LogP contribution in [0.4, 0.5) is 13.2 Å². The number of benzene rings is 1. The van der Waals surface area contributed by atoms with E-state index in [0.29, 0.717) is 5.56 Å². The molecule has 1 aromatic rings. The third-order valence-corrected chi connectivity index (χ3v) is 3.76. The van der Waals surface area contributed by atoms with E-state index < -0.39 is 11.7 Å². The van der Waals surface area contributed by atoms with Crippen LogP contribution in [-0.4, -0.2) is 23.4 Å². The summed E-state index contributed by atoms with van der Waals surface area (Å²) in [6, 6.07) is 5.06. The minimum atomic E-state index is -4.33. The van der Waals surface area contributed by atoms with E-state index in [4.69, 9.17) is 0 Å². The molecule has 0 radical (unpaired) electrons. The molecule has 0 aromatic heterocycles. The van der Waals surface area contributed by atoms with E-state index in [2.05, 4.69) is 0 Å². The van der Waals surface area contributed by atoms with Crippen LogP contribution in [0.3, 0.4) is 0 Å². The third-order valence-electron chi connectivity index (χ3n) is 3.76. The van der Waals surface area contributed by atoms with Gasteiger partial charge in [-0.2, -0.15) is 13.2 Å². The Labute approximate surface area is 116 Å². The van der Waals surface area contributed by atoms with Crippen LogP contribution in [0.1, 0.15) is 37.3 Å². The van der Waals surface area contributed by atoms with Crippen molar-refractivity contribution in [2.24, 2.45) is 0 Å². The number of hydrogen-bond donors (Lipinski definition) is 0. The highest BCUT2D eigenvalue weighted by atomic mass is 19.4. The normalized spacial score (nSPS) is 20.0. The summed E-state index contributed by atoms with van der Waals surface area (Å²) < 4.78 is 37.3.